The third-order valence-electron chi connectivity index (χ3n) is 6.55. The molecule has 1 aliphatic heterocycles. The van der Waals surface area contributed by atoms with Crippen molar-refractivity contribution < 1.29 is 40.6 Å². The van der Waals surface area contributed by atoms with Gasteiger partial charge in [0.2, 0.25) is 0 Å². The van der Waals surface area contributed by atoms with E-state index in [1.807, 2.05) is 6.92 Å². The van der Waals surface area contributed by atoms with Gasteiger partial charge in [0.05, 0.1) is 6.61 Å². The van der Waals surface area contributed by atoms with Gasteiger partial charge in [0.15, 0.2) is 17.6 Å². The van der Waals surface area contributed by atoms with E-state index >= 15 is 0 Å². The van der Waals surface area contributed by atoms with Crippen LogP contribution >= 0.6 is 0 Å². The molecule has 2 aliphatic rings. The summed E-state index contributed by atoms with van der Waals surface area (Å²) >= 11 is 0. The van der Waals surface area contributed by atoms with Gasteiger partial charge in [-0.3, -0.25) is 0 Å². The minimum Gasteiger partial charge on any atom is -0.486 e. The van der Waals surface area contributed by atoms with Crippen molar-refractivity contribution in [3.05, 3.63) is 59.7 Å². The average Bonchev–Trinajstić information content (AvgIpc) is 3.20. The summed E-state index contributed by atoms with van der Waals surface area (Å²) in [7, 11) is 0. The highest BCUT2D eigenvalue weighted by Crippen LogP contribution is 2.53. The number of benzene rings is 2. The summed E-state index contributed by atoms with van der Waals surface area (Å²) in [6, 6.07) is 10.9. The maximum Gasteiger partial charge on any atom is 0.430 e. The molecule has 1 heterocycles. The van der Waals surface area contributed by atoms with Crippen molar-refractivity contribution in [1.82, 2.24) is 0 Å². The summed E-state index contributed by atoms with van der Waals surface area (Å²) in [6.45, 7) is 0.775. The van der Waals surface area contributed by atoms with Crippen LogP contribution in [0.3, 0.4) is 0 Å². The van der Waals surface area contributed by atoms with Gasteiger partial charge in [0, 0.05) is 5.56 Å². The molecule has 0 spiro atoms. The number of hydrogen-bond donors (Lipinski definition) is 0. The van der Waals surface area contributed by atoms with Crippen molar-refractivity contribution in [2.24, 2.45) is 0 Å². The molecule has 1 fully saturated rings. The highest BCUT2D eigenvalue weighted by Gasteiger charge is 2.73. The molecule has 4 rings (SSSR count). The van der Waals surface area contributed by atoms with Crippen LogP contribution in [0.2, 0.25) is 0 Å². The zero-order valence-electron chi connectivity index (χ0n) is 17.9. The maximum absolute atomic E-state index is 14.1. The second kappa shape index (κ2) is 8.42. The second-order valence-electron chi connectivity index (χ2n) is 8.83. The fourth-order valence-corrected chi connectivity index (χ4v) is 4.65. The van der Waals surface area contributed by atoms with Crippen molar-refractivity contribution in [1.29, 1.82) is 0 Å². The minimum absolute atomic E-state index is 0.233. The van der Waals surface area contributed by atoms with Crippen LogP contribution in [0.4, 0.5) is 26.3 Å². The number of fused-ring (bicyclic) bond motifs is 1. The molecule has 2 aromatic rings. The van der Waals surface area contributed by atoms with E-state index in [2.05, 4.69) is 0 Å². The number of halogens is 6. The fourth-order valence-electron chi connectivity index (χ4n) is 4.65. The fraction of sp³-hybridized carbons (Fsp3) is 0.500. The van der Waals surface area contributed by atoms with Gasteiger partial charge >= 0.3 is 12.4 Å². The molecule has 1 unspecified atom stereocenters. The van der Waals surface area contributed by atoms with Gasteiger partial charge in [-0.2, -0.15) is 26.3 Å². The molecular weight excluding hydrogens is 450 g/mol. The van der Waals surface area contributed by atoms with Crippen LogP contribution in [-0.2, 0) is 15.8 Å². The van der Waals surface area contributed by atoms with Gasteiger partial charge in [-0.25, -0.2) is 0 Å². The first-order chi connectivity index (χ1) is 15.5. The first-order valence-corrected chi connectivity index (χ1v) is 10.7. The molecule has 0 aromatic heterocycles. The Labute approximate surface area is 187 Å². The average molecular weight is 474 g/mol. The van der Waals surface area contributed by atoms with E-state index in [4.69, 9.17) is 14.2 Å². The third-order valence-corrected chi connectivity index (χ3v) is 6.55. The SMILES string of the molecule is CC1(c2ccc(C(OCC3COc4ccccc4O3)(C(F)(F)F)C(F)(F)F)cc2)CCCC1. The maximum atomic E-state index is 14.1. The summed E-state index contributed by atoms with van der Waals surface area (Å²) in [5, 5.41) is 0. The van der Waals surface area contributed by atoms with E-state index in [1.165, 1.54) is 18.2 Å². The first kappa shape index (κ1) is 23.7. The van der Waals surface area contributed by atoms with E-state index in [1.54, 1.807) is 18.2 Å². The Morgan fingerprint density at radius 3 is 2.03 bits per heavy atom. The van der Waals surface area contributed by atoms with Crippen molar-refractivity contribution in [2.75, 3.05) is 13.2 Å². The zero-order valence-corrected chi connectivity index (χ0v) is 17.9. The monoisotopic (exact) mass is 474 g/mol. The van der Waals surface area contributed by atoms with Crippen molar-refractivity contribution in [3.8, 4) is 11.5 Å². The van der Waals surface area contributed by atoms with E-state index in [9.17, 15) is 26.3 Å². The van der Waals surface area contributed by atoms with Crippen LogP contribution in [0, 0.1) is 0 Å². The molecular formula is C24H24F6O3. The Bertz CT molecular complexity index is 947. The molecule has 0 saturated heterocycles. The predicted molar refractivity (Wildman–Crippen MR) is 108 cm³/mol. The van der Waals surface area contributed by atoms with Gasteiger partial charge in [-0.1, -0.05) is 56.2 Å². The van der Waals surface area contributed by atoms with Crippen molar-refractivity contribution >= 4 is 0 Å². The smallest absolute Gasteiger partial charge is 0.430 e. The van der Waals surface area contributed by atoms with E-state index in [-0.39, 0.29) is 17.8 Å². The molecule has 0 radical (unpaired) electrons. The van der Waals surface area contributed by atoms with E-state index in [0.29, 0.717) is 5.75 Å². The van der Waals surface area contributed by atoms with Crippen LogP contribution in [0.25, 0.3) is 0 Å². The number of hydrogen-bond acceptors (Lipinski definition) is 3. The lowest BCUT2D eigenvalue weighted by Gasteiger charge is -2.39. The highest BCUT2D eigenvalue weighted by molar-refractivity contribution is 5.40. The summed E-state index contributed by atoms with van der Waals surface area (Å²) in [4.78, 5) is 0. The topological polar surface area (TPSA) is 27.7 Å². The van der Waals surface area contributed by atoms with Gasteiger partial charge in [0.1, 0.15) is 6.61 Å². The number of ether oxygens (including phenoxy) is 3. The predicted octanol–water partition coefficient (Wildman–Crippen LogP) is 6.69. The standard InChI is InChI=1S/C24H24F6O3/c1-21(12-4-5-13-21)16-8-10-17(11-9-16)22(23(25,26)27,24(28,29)30)32-15-18-14-31-19-6-2-3-7-20(19)33-18/h2-3,6-11,18H,4-5,12-15H2,1H3. The molecule has 33 heavy (non-hydrogen) atoms. The molecule has 1 atom stereocenters. The molecule has 3 nitrogen and oxygen atoms in total. The Hall–Kier alpha value is -2.42. The lowest BCUT2D eigenvalue weighted by atomic mass is 9.79. The summed E-state index contributed by atoms with van der Waals surface area (Å²) in [5.41, 5.74) is -5.03. The highest BCUT2D eigenvalue weighted by atomic mass is 19.4. The van der Waals surface area contributed by atoms with Crippen LogP contribution in [0.15, 0.2) is 48.5 Å². The Balaban J connectivity index is 1.63. The lowest BCUT2D eigenvalue weighted by molar-refractivity contribution is -0.392. The molecule has 1 saturated carbocycles. The molecule has 9 heteroatoms. The molecule has 0 N–H and O–H groups in total. The summed E-state index contributed by atoms with van der Waals surface area (Å²) < 4.78 is 100. The minimum atomic E-state index is -5.75. The second-order valence-corrected chi connectivity index (χ2v) is 8.83. The number of rotatable bonds is 5. The molecule has 180 valence electrons. The molecule has 2 aromatic carbocycles. The number of alkyl halides is 6. The van der Waals surface area contributed by atoms with Crippen LogP contribution < -0.4 is 9.47 Å². The molecule has 0 bridgehead atoms. The van der Waals surface area contributed by atoms with Gasteiger partial charge in [0.25, 0.3) is 5.60 Å². The van der Waals surface area contributed by atoms with Crippen LogP contribution in [0.1, 0.15) is 43.7 Å². The van der Waals surface area contributed by atoms with Crippen LogP contribution in [0.5, 0.6) is 11.5 Å². The van der Waals surface area contributed by atoms with E-state index < -0.39 is 36.2 Å². The summed E-state index contributed by atoms with van der Waals surface area (Å²) in [5.74, 6) is 0.596. The van der Waals surface area contributed by atoms with Gasteiger partial charge in [-0.05, 0) is 36.0 Å². The quantitative estimate of drug-likeness (QED) is 0.452. The molecule has 0 amide bonds. The third kappa shape index (κ3) is 4.27. The normalized spacial score (nSPS) is 20.6. The molecule has 1 aliphatic carbocycles. The first-order valence-electron chi connectivity index (χ1n) is 10.7. The van der Waals surface area contributed by atoms with Crippen molar-refractivity contribution in [2.45, 2.75) is 62.1 Å². The van der Waals surface area contributed by atoms with E-state index in [0.717, 1.165) is 43.4 Å². The largest absolute Gasteiger partial charge is 0.486 e. The van der Waals surface area contributed by atoms with Crippen LogP contribution in [-0.4, -0.2) is 31.7 Å². The van der Waals surface area contributed by atoms with Gasteiger partial charge < -0.3 is 14.2 Å². The van der Waals surface area contributed by atoms with Gasteiger partial charge in [-0.15, -0.1) is 0 Å². The Morgan fingerprint density at radius 2 is 1.45 bits per heavy atom. The number of para-hydroxylation sites is 2. The zero-order chi connectivity index (χ0) is 23.9. The Morgan fingerprint density at radius 1 is 0.879 bits per heavy atom. The Kier molecular flexibility index (Phi) is 6.05. The lowest BCUT2D eigenvalue weighted by Crippen LogP contribution is -2.57. The summed E-state index contributed by atoms with van der Waals surface area (Å²) in [6.07, 6.45) is -9.01. The van der Waals surface area contributed by atoms with Crippen molar-refractivity contribution in [3.63, 3.8) is 0 Å².